The zero-order valence-electron chi connectivity index (χ0n) is 10.7. The fourth-order valence-corrected chi connectivity index (χ4v) is 2.64. The molecular formula is C13H9N5O2S. The number of aromatic nitrogens is 4. The van der Waals surface area contributed by atoms with Gasteiger partial charge in [-0.25, -0.2) is 15.0 Å². The van der Waals surface area contributed by atoms with E-state index in [1.807, 2.05) is 30.3 Å². The van der Waals surface area contributed by atoms with Crippen LogP contribution in [0.2, 0.25) is 0 Å². The maximum Gasteiger partial charge on any atom is 0.344 e. The van der Waals surface area contributed by atoms with Crippen LogP contribution in [0.15, 0.2) is 65.3 Å². The number of rotatable bonds is 4. The van der Waals surface area contributed by atoms with Crippen LogP contribution in [0.1, 0.15) is 0 Å². The first-order valence-electron chi connectivity index (χ1n) is 5.96. The van der Waals surface area contributed by atoms with Gasteiger partial charge >= 0.3 is 5.69 Å². The molecule has 0 aliphatic rings. The second-order valence-electron chi connectivity index (χ2n) is 3.99. The van der Waals surface area contributed by atoms with Gasteiger partial charge in [-0.3, -0.25) is 14.7 Å². The van der Waals surface area contributed by atoms with Crippen molar-refractivity contribution in [2.45, 2.75) is 9.92 Å². The van der Waals surface area contributed by atoms with Crippen LogP contribution in [0.25, 0.3) is 5.82 Å². The highest BCUT2D eigenvalue weighted by Crippen LogP contribution is 2.35. The van der Waals surface area contributed by atoms with E-state index in [2.05, 4.69) is 15.0 Å². The van der Waals surface area contributed by atoms with Crippen LogP contribution in [0.4, 0.5) is 5.69 Å². The third-order valence-electron chi connectivity index (χ3n) is 2.66. The van der Waals surface area contributed by atoms with Crippen molar-refractivity contribution < 1.29 is 4.92 Å². The summed E-state index contributed by atoms with van der Waals surface area (Å²) in [5.41, 5.74) is -0.135. The lowest BCUT2D eigenvalue weighted by atomic mass is 10.4. The lowest BCUT2D eigenvalue weighted by Gasteiger charge is -2.06. The van der Waals surface area contributed by atoms with Gasteiger partial charge in [0, 0.05) is 17.3 Å². The summed E-state index contributed by atoms with van der Waals surface area (Å²) in [6.07, 6.45) is 5.92. The molecule has 2 aromatic heterocycles. The third kappa shape index (κ3) is 2.75. The van der Waals surface area contributed by atoms with E-state index in [9.17, 15) is 10.1 Å². The van der Waals surface area contributed by atoms with Crippen molar-refractivity contribution in [2.75, 3.05) is 0 Å². The van der Waals surface area contributed by atoms with Crippen LogP contribution in [-0.2, 0) is 0 Å². The summed E-state index contributed by atoms with van der Waals surface area (Å²) in [6.45, 7) is 0. The molecular weight excluding hydrogens is 290 g/mol. The van der Waals surface area contributed by atoms with Gasteiger partial charge in [-0.1, -0.05) is 30.0 Å². The zero-order valence-corrected chi connectivity index (χ0v) is 11.5. The van der Waals surface area contributed by atoms with E-state index in [0.29, 0.717) is 5.03 Å². The fraction of sp³-hybridized carbons (Fsp3) is 0. The predicted molar refractivity (Wildman–Crippen MR) is 76.4 cm³/mol. The molecule has 2 heterocycles. The Morgan fingerprint density at radius 3 is 2.67 bits per heavy atom. The topological polar surface area (TPSA) is 86.7 Å². The normalized spacial score (nSPS) is 10.5. The molecule has 0 saturated heterocycles. The molecule has 0 spiro atoms. The van der Waals surface area contributed by atoms with Gasteiger partial charge in [-0.05, 0) is 12.1 Å². The Bertz CT molecular complexity index is 761. The summed E-state index contributed by atoms with van der Waals surface area (Å²) in [5, 5.41) is 11.7. The highest BCUT2D eigenvalue weighted by molar-refractivity contribution is 7.99. The van der Waals surface area contributed by atoms with E-state index in [0.717, 1.165) is 4.90 Å². The van der Waals surface area contributed by atoms with Crippen LogP contribution in [0, 0.1) is 10.1 Å². The minimum Gasteiger partial charge on any atom is -0.285 e. The maximum absolute atomic E-state index is 11.4. The van der Waals surface area contributed by atoms with Gasteiger partial charge in [0.15, 0.2) is 5.03 Å². The average molecular weight is 299 g/mol. The number of nitro groups is 1. The van der Waals surface area contributed by atoms with Gasteiger partial charge in [0.2, 0.25) is 5.82 Å². The van der Waals surface area contributed by atoms with Crippen LogP contribution in [0.5, 0.6) is 0 Å². The quantitative estimate of drug-likeness (QED) is 0.418. The lowest BCUT2D eigenvalue weighted by molar-refractivity contribution is -0.388. The second kappa shape index (κ2) is 5.71. The zero-order chi connectivity index (χ0) is 14.7. The van der Waals surface area contributed by atoms with E-state index in [1.165, 1.54) is 35.2 Å². The second-order valence-corrected chi connectivity index (χ2v) is 5.06. The van der Waals surface area contributed by atoms with Crippen molar-refractivity contribution in [3.05, 3.63) is 65.5 Å². The Kier molecular flexibility index (Phi) is 3.61. The summed E-state index contributed by atoms with van der Waals surface area (Å²) in [6, 6.07) is 9.36. The number of nitrogens with zero attached hydrogens (tertiary/aromatic N) is 5. The Morgan fingerprint density at radius 1 is 1.19 bits per heavy atom. The number of benzene rings is 1. The molecule has 7 nitrogen and oxygen atoms in total. The first kappa shape index (κ1) is 13.3. The average Bonchev–Trinajstić information content (AvgIpc) is 3.02. The van der Waals surface area contributed by atoms with Gasteiger partial charge in [0.1, 0.15) is 12.7 Å². The smallest absolute Gasteiger partial charge is 0.285 e. The Hall–Kier alpha value is -2.74. The molecule has 0 fully saturated rings. The Morgan fingerprint density at radius 2 is 2.00 bits per heavy atom. The van der Waals surface area contributed by atoms with Crippen molar-refractivity contribution in [3.8, 4) is 5.82 Å². The molecule has 3 aromatic rings. The Labute approximate surface area is 123 Å². The summed E-state index contributed by atoms with van der Waals surface area (Å²) in [5.74, 6) is 0.200. The first-order chi connectivity index (χ1) is 10.3. The molecule has 0 amide bonds. The van der Waals surface area contributed by atoms with Gasteiger partial charge in [-0.15, -0.1) is 0 Å². The lowest BCUT2D eigenvalue weighted by Crippen LogP contribution is -2.04. The maximum atomic E-state index is 11.4. The molecule has 0 atom stereocenters. The van der Waals surface area contributed by atoms with Gasteiger partial charge in [0.05, 0.1) is 4.92 Å². The molecule has 1 aromatic carbocycles. The highest BCUT2D eigenvalue weighted by atomic mass is 32.2. The molecule has 0 aliphatic heterocycles. The number of hydrogen-bond acceptors (Lipinski definition) is 6. The summed E-state index contributed by atoms with van der Waals surface area (Å²) < 4.78 is 1.49. The molecule has 8 heteroatoms. The van der Waals surface area contributed by atoms with Crippen molar-refractivity contribution >= 4 is 17.4 Å². The molecule has 0 saturated carbocycles. The van der Waals surface area contributed by atoms with Crippen LogP contribution < -0.4 is 0 Å². The van der Waals surface area contributed by atoms with Crippen molar-refractivity contribution in [1.82, 2.24) is 19.5 Å². The molecule has 0 unspecified atom stereocenters. The molecule has 3 rings (SSSR count). The summed E-state index contributed by atoms with van der Waals surface area (Å²) in [4.78, 5) is 23.7. The van der Waals surface area contributed by atoms with E-state index in [4.69, 9.17) is 0 Å². The molecule has 21 heavy (non-hydrogen) atoms. The van der Waals surface area contributed by atoms with Crippen LogP contribution in [0.3, 0.4) is 0 Å². The third-order valence-corrected chi connectivity index (χ3v) is 3.66. The standard InChI is InChI=1S/C13H9N5O2S/c19-18(20)11-12(17-7-6-14-9-17)15-8-16-13(11)21-10-4-2-1-3-5-10/h1-9H. The minimum atomic E-state index is -0.472. The largest absolute Gasteiger partial charge is 0.344 e. The van der Waals surface area contributed by atoms with Crippen LogP contribution >= 0.6 is 11.8 Å². The van der Waals surface area contributed by atoms with E-state index >= 15 is 0 Å². The fourth-order valence-electron chi connectivity index (χ4n) is 1.76. The van der Waals surface area contributed by atoms with Crippen molar-refractivity contribution in [3.63, 3.8) is 0 Å². The number of imidazole rings is 1. The monoisotopic (exact) mass is 299 g/mol. The summed E-state index contributed by atoms with van der Waals surface area (Å²) in [7, 11) is 0. The van der Waals surface area contributed by atoms with Crippen molar-refractivity contribution in [2.24, 2.45) is 0 Å². The Balaban J connectivity index is 2.09. The van der Waals surface area contributed by atoms with Crippen molar-refractivity contribution in [1.29, 1.82) is 0 Å². The van der Waals surface area contributed by atoms with E-state index < -0.39 is 4.92 Å². The molecule has 0 N–H and O–H groups in total. The van der Waals surface area contributed by atoms with Crippen LogP contribution in [-0.4, -0.2) is 24.4 Å². The van der Waals surface area contributed by atoms with E-state index in [-0.39, 0.29) is 11.5 Å². The predicted octanol–water partition coefficient (Wildman–Crippen LogP) is 2.72. The van der Waals surface area contributed by atoms with Gasteiger partial charge in [0.25, 0.3) is 0 Å². The minimum absolute atomic E-state index is 0.135. The molecule has 0 aliphatic carbocycles. The molecule has 0 radical (unpaired) electrons. The summed E-state index contributed by atoms with van der Waals surface area (Å²) >= 11 is 1.23. The first-order valence-corrected chi connectivity index (χ1v) is 6.78. The highest BCUT2D eigenvalue weighted by Gasteiger charge is 2.24. The number of hydrogen-bond donors (Lipinski definition) is 0. The molecule has 104 valence electrons. The van der Waals surface area contributed by atoms with Gasteiger partial charge < -0.3 is 0 Å². The molecule has 0 bridgehead atoms. The van der Waals surface area contributed by atoms with E-state index in [1.54, 1.807) is 6.20 Å². The van der Waals surface area contributed by atoms with Gasteiger partial charge in [-0.2, -0.15) is 0 Å². The SMILES string of the molecule is O=[N+]([O-])c1c(Sc2ccccc2)ncnc1-n1ccnc1.